The summed E-state index contributed by atoms with van der Waals surface area (Å²) in [6.07, 6.45) is 1.58. The molecule has 1 fully saturated rings. The Hall–Kier alpha value is -2.96. The van der Waals surface area contributed by atoms with E-state index in [4.69, 9.17) is 11.6 Å². The van der Waals surface area contributed by atoms with Crippen LogP contribution in [-0.4, -0.2) is 21.8 Å². The zero-order chi connectivity index (χ0) is 21.4. The Morgan fingerprint density at radius 3 is 2.33 bits per heavy atom. The van der Waals surface area contributed by atoms with Crippen LogP contribution in [0.15, 0.2) is 65.7 Å². The molecule has 0 radical (unpaired) electrons. The maximum atomic E-state index is 13.0. The number of thiazole rings is 1. The summed E-state index contributed by atoms with van der Waals surface area (Å²) in [4.78, 5) is 31.5. The highest BCUT2D eigenvalue weighted by atomic mass is 35.5. The van der Waals surface area contributed by atoms with Gasteiger partial charge in [0, 0.05) is 22.2 Å². The number of ketones is 1. The number of aliphatic hydroxyl groups excluding tert-OH is 1. The number of amides is 1. The molecule has 1 aliphatic rings. The summed E-state index contributed by atoms with van der Waals surface area (Å²) in [7, 11) is 0. The lowest BCUT2D eigenvalue weighted by Gasteiger charge is -2.23. The summed E-state index contributed by atoms with van der Waals surface area (Å²) in [6, 6.07) is 13.5. The van der Waals surface area contributed by atoms with E-state index in [0.29, 0.717) is 21.6 Å². The number of halogens is 1. The van der Waals surface area contributed by atoms with Crippen molar-refractivity contribution < 1.29 is 14.7 Å². The van der Waals surface area contributed by atoms with E-state index in [1.807, 2.05) is 24.3 Å². The number of nitrogens with zero attached hydrogens (tertiary/aromatic N) is 2. The minimum absolute atomic E-state index is 0.0369. The van der Waals surface area contributed by atoms with Crippen LogP contribution >= 0.6 is 22.9 Å². The fourth-order valence-electron chi connectivity index (χ4n) is 3.51. The third-order valence-corrected chi connectivity index (χ3v) is 6.13. The quantitative estimate of drug-likeness (QED) is 0.329. The first-order valence-corrected chi connectivity index (χ1v) is 10.7. The van der Waals surface area contributed by atoms with Crippen LogP contribution in [-0.2, 0) is 9.59 Å². The zero-order valence-electron chi connectivity index (χ0n) is 16.4. The van der Waals surface area contributed by atoms with E-state index in [9.17, 15) is 14.7 Å². The number of Topliss-reactive ketones (excluding diaryl/α,β-unsaturated/α-hetero) is 1. The van der Waals surface area contributed by atoms with Crippen molar-refractivity contribution in [2.45, 2.75) is 25.8 Å². The maximum absolute atomic E-state index is 13.0. The van der Waals surface area contributed by atoms with Gasteiger partial charge in [-0.15, -0.1) is 11.3 Å². The molecule has 1 aliphatic heterocycles. The van der Waals surface area contributed by atoms with E-state index in [-0.39, 0.29) is 11.3 Å². The summed E-state index contributed by atoms with van der Waals surface area (Å²) in [5.74, 6) is -1.34. The lowest BCUT2D eigenvalue weighted by Crippen LogP contribution is -2.29. The Kier molecular flexibility index (Phi) is 5.45. The zero-order valence-corrected chi connectivity index (χ0v) is 17.9. The first-order chi connectivity index (χ1) is 14.4. The van der Waals surface area contributed by atoms with Gasteiger partial charge in [0.25, 0.3) is 5.78 Å². The summed E-state index contributed by atoms with van der Waals surface area (Å²) in [5.41, 5.74) is 2.32. The minimum Gasteiger partial charge on any atom is -0.507 e. The van der Waals surface area contributed by atoms with Crippen molar-refractivity contribution in [1.82, 2.24) is 4.98 Å². The van der Waals surface area contributed by atoms with E-state index in [1.54, 1.807) is 35.8 Å². The van der Waals surface area contributed by atoms with Gasteiger partial charge < -0.3 is 5.11 Å². The molecule has 152 valence electrons. The van der Waals surface area contributed by atoms with E-state index in [1.165, 1.54) is 16.2 Å². The predicted molar refractivity (Wildman–Crippen MR) is 119 cm³/mol. The standard InChI is InChI=1S/C23H19ClN2O3S/c1-13(2)14-3-5-15(6-4-14)19-18(20(27)16-7-9-17(24)10-8-16)21(28)22(29)26(19)23-25-11-12-30-23/h3-13,19,27H,1-2H3/b20-18+/t19-/m1/s1. The summed E-state index contributed by atoms with van der Waals surface area (Å²) in [6.45, 7) is 4.19. The number of aromatic nitrogens is 1. The molecule has 3 aromatic rings. The van der Waals surface area contributed by atoms with Crippen LogP contribution in [0.4, 0.5) is 5.13 Å². The molecule has 2 aromatic carbocycles. The summed E-state index contributed by atoms with van der Waals surface area (Å²) < 4.78 is 0. The van der Waals surface area contributed by atoms with Crippen molar-refractivity contribution in [3.05, 3.63) is 87.4 Å². The van der Waals surface area contributed by atoms with E-state index in [0.717, 1.165) is 11.1 Å². The lowest BCUT2D eigenvalue weighted by atomic mass is 9.93. The van der Waals surface area contributed by atoms with Gasteiger partial charge in [0.1, 0.15) is 5.76 Å². The minimum atomic E-state index is -0.770. The second-order valence-electron chi connectivity index (χ2n) is 7.31. The highest BCUT2D eigenvalue weighted by Gasteiger charge is 2.47. The topological polar surface area (TPSA) is 70.5 Å². The van der Waals surface area contributed by atoms with Gasteiger partial charge in [-0.05, 0) is 41.3 Å². The monoisotopic (exact) mass is 438 g/mol. The van der Waals surface area contributed by atoms with Gasteiger partial charge in [-0.2, -0.15) is 0 Å². The molecule has 1 N–H and O–H groups in total. The van der Waals surface area contributed by atoms with Crippen molar-refractivity contribution in [2.24, 2.45) is 0 Å². The highest BCUT2D eigenvalue weighted by molar-refractivity contribution is 7.14. The molecule has 4 rings (SSSR count). The van der Waals surface area contributed by atoms with Gasteiger partial charge in [0.05, 0.1) is 11.6 Å². The maximum Gasteiger partial charge on any atom is 0.301 e. The van der Waals surface area contributed by atoms with Crippen LogP contribution < -0.4 is 4.90 Å². The number of rotatable bonds is 4. The second-order valence-corrected chi connectivity index (χ2v) is 8.62. The van der Waals surface area contributed by atoms with Crippen LogP contribution in [0.1, 0.15) is 42.5 Å². The molecule has 1 saturated heterocycles. The van der Waals surface area contributed by atoms with Crippen LogP contribution in [0, 0.1) is 0 Å². The van der Waals surface area contributed by atoms with Crippen LogP contribution in [0.25, 0.3) is 5.76 Å². The summed E-state index contributed by atoms with van der Waals surface area (Å²) in [5, 5.41) is 13.7. The van der Waals surface area contributed by atoms with Gasteiger partial charge in [0.15, 0.2) is 5.13 Å². The smallest absolute Gasteiger partial charge is 0.301 e. The molecule has 1 amide bonds. The molecule has 0 bridgehead atoms. The van der Waals surface area contributed by atoms with Gasteiger partial charge >= 0.3 is 5.91 Å². The average Bonchev–Trinajstić information content (AvgIpc) is 3.35. The number of benzene rings is 2. The van der Waals surface area contributed by atoms with Gasteiger partial charge in [-0.1, -0.05) is 49.7 Å². The van der Waals surface area contributed by atoms with Crippen LogP contribution in [0.5, 0.6) is 0 Å². The molecule has 0 aliphatic carbocycles. The highest BCUT2D eigenvalue weighted by Crippen LogP contribution is 2.42. The molecule has 0 spiro atoms. The second kappa shape index (κ2) is 8.05. The molecule has 0 saturated carbocycles. The van der Waals surface area contributed by atoms with Crippen molar-refractivity contribution in [3.63, 3.8) is 0 Å². The normalized spacial score (nSPS) is 18.4. The van der Waals surface area contributed by atoms with Crippen LogP contribution in [0.3, 0.4) is 0 Å². The Balaban J connectivity index is 1.90. The SMILES string of the molecule is CC(C)c1ccc([C@@H]2/C(=C(\O)c3ccc(Cl)cc3)C(=O)C(=O)N2c2nccs2)cc1. The number of hydrogen-bond donors (Lipinski definition) is 1. The predicted octanol–water partition coefficient (Wildman–Crippen LogP) is 5.55. The fraction of sp³-hybridized carbons (Fsp3) is 0.174. The Morgan fingerprint density at radius 2 is 1.77 bits per heavy atom. The number of carbonyl (C=O) groups is 2. The number of anilines is 1. The van der Waals surface area contributed by atoms with E-state index < -0.39 is 17.7 Å². The fourth-order valence-corrected chi connectivity index (χ4v) is 4.30. The first-order valence-electron chi connectivity index (χ1n) is 9.44. The molecule has 7 heteroatoms. The lowest BCUT2D eigenvalue weighted by molar-refractivity contribution is -0.132. The van der Waals surface area contributed by atoms with Crippen LogP contribution in [0.2, 0.25) is 5.02 Å². The van der Waals surface area contributed by atoms with Gasteiger partial charge in [-0.3, -0.25) is 14.5 Å². The Morgan fingerprint density at radius 1 is 1.10 bits per heavy atom. The van der Waals surface area contributed by atoms with Crippen molar-refractivity contribution in [2.75, 3.05) is 4.90 Å². The third kappa shape index (κ3) is 3.53. The number of carbonyl (C=O) groups excluding carboxylic acids is 2. The van der Waals surface area contributed by atoms with Crippen molar-refractivity contribution in [3.8, 4) is 0 Å². The largest absolute Gasteiger partial charge is 0.507 e. The molecule has 30 heavy (non-hydrogen) atoms. The van der Waals surface area contributed by atoms with Crippen molar-refractivity contribution >= 4 is 45.5 Å². The molecule has 5 nitrogen and oxygen atoms in total. The molecule has 1 aromatic heterocycles. The molecule has 2 heterocycles. The third-order valence-electron chi connectivity index (χ3n) is 5.11. The molecular formula is C23H19ClN2O3S. The van der Waals surface area contributed by atoms with Gasteiger partial charge in [-0.25, -0.2) is 4.98 Å². The molecule has 0 unspecified atom stereocenters. The Bertz CT molecular complexity index is 1120. The van der Waals surface area contributed by atoms with Gasteiger partial charge in [0.2, 0.25) is 0 Å². The average molecular weight is 439 g/mol. The summed E-state index contributed by atoms with van der Waals surface area (Å²) >= 11 is 7.21. The first kappa shape index (κ1) is 20.3. The van der Waals surface area contributed by atoms with Crippen molar-refractivity contribution in [1.29, 1.82) is 0 Å². The molecular weight excluding hydrogens is 420 g/mol. The molecule has 1 atom stereocenters. The number of aliphatic hydroxyl groups is 1. The van der Waals surface area contributed by atoms with E-state index in [2.05, 4.69) is 18.8 Å². The number of hydrogen-bond acceptors (Lipinski definition) is 5. The van der Waals surface area contributed by atoms with E-state index >= 15 is 0 Å². The Labute approximate surface area is 183 Å².